The molecule has 0 heterocycles. The number of halogens is 2. The summed E-state index contributed by atoms with van der Waals surface area (Å²) >= 11 is 0. The summed E-state index contributed by atoms with van der Waals surface area (Å²) in [6, 6.07) is 20.2. The first kappa shape index (κ1) is 28.1. The molecule has 0 saturated heterocycles. The number of carbonyl (C=O) groups is 1. The number of hydrogen-bond acceptors (Lipinski definition) is 3. The average molecular weight is 510 g/mol. The molecule has 7 heteroatoms. The average Bonchev–Trinajstić information content (AvgIpc) is 2.91. The van der Waals surface area contributed by atoms with Crippen LogP contribution < -0.4 is 10.1 Å². The Hall–Kier alpha value is -3.45. The van der Waals surface area contributed by atoms with Crippen LogP contribution in [0, 0.1) is 11.6 Å². The van der Waals surface area contributed by atoms with Crippen molar-refractivity contribution in [1.29, 1.82) is 0 Å². The molecule has 0 aliphatic carbocycles. The third-order valence-corrected chi connectivity index (χ3v) is 6.48. The van der Waals surface area contributed by atoms with E-state index in [1.54, 1.807) is 4.90 Å². The summed E-state index contributed by atoms with van der Waals surface area (Å²) in [5.41, 5.74) is 1.97. The summed E-state index contributed by atoms with van der Waals surface area (Å²) in [4.78, 5) is 17.3. The fourth-order valence-corrected chi connectivity index (χ4v) is 4.14. The second-order valence-corrected chi connectivity index (χ2v) is 9.12. The number of nitrogens with one attached hydrogen (secondary N) is 1. The third-order valence-electron chi connectivity index (χ3n) is 6.48. The Morgan fingerprint density at radius 2 is 1.65 bits per heavy atom. The fourth-order valence-electron chi connectivity index (χ4n) is 4.14. The van der Waals surface area contributed by atoms with Crippen molar-refractivity contribution in [3.63, 3.8) is 0 Å². The lowest BCUT2D eigenvalue weighted by Crippen LogP contribution is -2.41. The highest BCUT2D eigenvalue weighted by atomic mass is 19.1. The van der Waals surface area contributed by atoms with Crippen molar-refractivity contribution in [1.82, 2.24) is 9.80 Å². The number of urea groups is 1. The summed E-state index contributed by atoms with van der Waals surface area (Å²) in [6.45, 7) is 10.0. The van der Waals surface area contributed by atoms with Gasteiger partial charge in [0.25, 0.3) is 0 Å². The molecule has 198 valence electrons. The van der Waals surface area contributed by atoms with Crippen molar-refractivity contribution in [2.75, 3.05) is 25.0 Å². The lowest BCUT2D eigenvalue weighted by molar-refractivity contribution is 0.180. The molecule has 0 aliphatic rings. The Bertz CT molecular complexity index is 1110. The number of benzene rings is 3. The first-order chi connectivity index (χ1) is 17.9. The molecule has 2 amide bonds. The van der Waals surface area contributed by atoms with Gasteiger partial charge in [0, 0.05) is 18.7 Å². The van der Waals surface area contributed by atoms with Gasteiger partial charge in [-0.05, 0) is 74.8 Å². The van der Waals surface area contributed by atoms with Crippen molar-refractivity contribution in [3.05, 3.63) is 95.6 Å². The molecule has 1 atom stereocenters. The summed E-state index contributed by atoms with van der Waals surface area (Å²) in [5.74, 6) is -0.752. The zero-order valence-electron chi connectivity index (χ0n) is 21.9. The largest absolute Gasteiger partial charge is 0.489 e. The number of rotatable bonds is 13. The molecular formula is C30H37F2N3O2. The van der Waals surface area contributed by atoms with Crippen LogP contribution in [0.25, 0.3) is 0 Å². The van der Waals surface area contributed by atoms with Crippen molar-refractivity contribution in [2.24, 2.45) is 0 Å². The molecule has 0 bridgehead atoms. The number of hydrogen-bond donors (Lipinski definition) is 1. The molecule has 0 radical (unpaired) electrons. The van der Waals surface area contributed by atoms with Crippen molar-refractivity contribution in [2.45, 2.75) is 52.8 Å². The Balaban J connectivity index is 1.68. The van der Waals surface area contributed by atoms with E-state index in [0.29, 0.717) is 13.2 Å². The summed E-state index contributed by atoms with van der Waals surface area (Å²) < 4.78 is 33.4. The van der Waals surface area contributed by atoms with Crippen LogP contribution >= 0.6 is 0 Å². The SMILES string of the molecule is CCN(CC)CCCC(C)N(Cc1ccc(OCc2ccccc2)cc1)C(=O)Nc1ccc(F)cc1F. The van der Waals surface area contributed by atoms with Crippen LogP contribution in [0.2, 0.25) is 0 Å². The molecule has 3 aromatic rings. The maximum Gasteiger partial charge on any atom is 0.322 e. The van der Waals surface area contributed by atoms with Crippen LogP contribution in [0.15, 0.2) is 72.8 Å². The molecule has 0 saturated carbocycles. The maximum absolute atomic E-state index is 14.2. The minimum atomic E-state index is -0.803. The van der Waals surface area contributed by atoms with Crippen LogP contribution in [0.5, 0.6) is 5.75 Å². The normalized spacial score (nSPS) is 11.8. The van der Waals surface area contributed by atoms with E-state index in [1.165, 1.54) is 6.07 Å². The molecular weight excluding hydrogens is 472 g/mol. The van der Waals surface area contributed by atoms with E-state index in [-0.39, 0.29) is 11.7 Å². The van der Waals surface area contributed by atoms with Crippen LogP contribution in [0.3, 0.4) is 0 Å². The number of anilines is 1. The van der Waals surface area contributed by atoms with E-state index in [1.807, 2.05) is 61.5 Å². The zero-order valence-corrected chi connectivity index (χ0v) is 21.9. The van der Waals surface area contributed by atoms with Gasteiger partial charge in [-0.1, -0.05) is 56.3 Å². The van der Waals surface area contributed by atoms with Gasteiger partial charge in [0.05, 0.1) is 5.69 Å². The quantitative estimate of drug-likeness (QED) is 0.268. The van der Waals surface area contributed by atoms with E-state index < -0.39 is 17.7 Å². The highest BCUT2D eigenvalue weighted by Crippen LogP contribution is 2.21. The molecule has 0 spiro atoms. The molecule has 0 aromatic heterocycles. The molecule has 3 aromatic carbocycles. The highest BCUT2D eigenvalue weighted by Gasteiger charge is 2.22. The Morgan fingerprint density at radius 1 is 0.946 bits per heavy atom. The van der Waals surface area contributed by atoms with Gasteiger partial charge in [-0.3, -0.25) is 0 Å². The monoisotopic (exact) mass is 509 g/mol. The van der Waals surface area contributed by atoms with Crippen molar-refractivity contribution in [3.8, 4) is 5.75 Å². The predicted octanol–water partition coefficient (Wildman–Crippen LogP) is 7.09. The summed E-state index contributed by atoms with van der Waals surface area (Å²) in [6.07, 6.45) is 1.73. The Kier molecular flexibility index (Phi) is 10.9. The number of ether oxygens (including phenoxy) is 1. The second kappa shape index (κ2) is 14.3. The first-order valence-electron chi connectivity index (χ1n) is 12.9. The zero-order chi connectivity index (χ0) is 26.6. The second-order valence-electron chi connectivity index (χ2n) is 9.12. The number of carbonyl (C=O) groups excluding carboxylic acids is 1. The standard InChI is InChI=1S/C30H37F2N3O2/c1-4-34(5-2)19-9-10-23(3)35(30(36)33-29-18-15-26(31)20-28(29)32)21-24-13-16-27(17-14-24)37-22-25-11-7-6-8-12-25/h6-8,11-18,20,23H,4-5,9-10,19,21-22H2,1-3H3,(H,33,36). The number of amides is 2. The first-order valence-corrected chi connectivity index (χ1v) is 12.9. The van der Waals surface area contributed by atoms with Gasteiger partial charge in [0.15, 0.2) is 0 Å². The fraction of sp³-hybridized carbons (Fsp3) is 0.367. The third kappa shape index (κ3) is 8.86. The molecule has 0 aliphatic heterocycles. The summed E-state index contributed by atoms with van der Waals surface area (Å²) in [5, 5.41) is 2.62. The molecule has 0 fully saturated rings. The predicted molar refractivity (Wildman–Crippen MR) is 145 cm³/mol. The molecule has 37 heavy (non-hydrogen) atoms. The van der Waals surface area contributed by atoms with Gasteiger partial charge in [-0.2, -0.15) is 0 Å². The highest BCUT2D eigenvalue weighted by molar-refractivity contribution is 5.89. The van der Waals surface area contributed by atoms with E-state index in [9.17, 15) is 13.6 Å². The van der Waals surface area contributed by atoms with Crippen LogP contribution in [0.1, 0.15) is 44.7 Å². The van der Waals surface area contributed by atoms with E-state index in [2.05, 4.69) is 24.1 Å². The maximum atomic E-state index is 14.2. The van der Waals surface area contributed by atoms with Crippen LogP contribution in [-0.2, 0) is 13.2 Å². The smallest absolute Gasteiger partial charge is 0.322 e. The van der Waals surface area contributed by atoms with Gasteiger partial charge < -0.3 is 19.9 Å². The van der Waals surface area contributed by atoms with Gasteiger partial charge in [-0.25, -0.2) is 13.6 Å². The minimum Gasteiger partial charge on any atom is -0.489 e. The number of nitrogens with zero attached hydrogens (tertiary/aromatic N) is 2. The lowest BCUT2D eigenvalue weighted by Gasteiger charge is -2.30. The van der Waals surface area contributed by atoms with Gasteiger partial charge in [0.1, 0.15) is 24.0 Å². The van der Waals surface area contributed by atoms with E-state index >= 15 is 0 Å². The van der Waals surface area contributed by atoms with Crippen molar-refractivity contribution >= 4 is 11.7 Å². The van der Waals surface area contributed by atoms with Crippen LogP contribution in [-0.4, -0.2) is 41.5 Å². The Morgan fingerprint density at radius 3 is 2.30 bits per heavy atom. The van der Waals surface area contributed by atoms with Crippen LogP contribution in [0.4, 0.5) is 19.3 Å². The lowest BCUT2D eigenvalue weighted by atomic mass is 10.1. The topological polar surface area (TPSA) is 44.8 Å². The molecule has 5 nitrogen and oxygen atoms in total. The van der Waals surface area contributed by atoms with Gasteiger partial charge >= 0.3 is 6.03 Å². The minimum absolute atomic E-state index is 0.0450. The van der Waals surface area contributed by atoms with E-state index in [4.69, 9.17) is 4.74 Å². The molecule has 3 rings (SSSR count). The van der Waals surface area contributed by atoms with E-state index in [0.717, 1.165) is 61.5 Å². The molecule has 1 N–H and O–H groups in total. The summed E-state index contributed by atoms with van der Waals surface area (Å²) in [7, 11) is 0. The Labute approximate surface area is 219 Å². The molecule has 1 unspecified atom stereocenters. The van der Waals surface area contributed by atoms with Gasteiger partial charge in [0.2, 0.25) is 0 Å². The van der Waals surface area contributed by atoms with Crippen molar-refractivity contribution < 1.29 is 18.3 Å². The van der Waals surface area contributed by atoms with Gasteiger partial charge in [-0.15, -0.1) is 0 Å².